The fourth-order valence-corrected chi connectivity index (χ4v) is 2.95. The molecule has 0 aliphatic rings. The molecule has 1 aromatic heterocycles. The summed E-state index contributed by atoms with van der Waals surface area (Å²) in [5, 5.41) is 3.62. The SMILES string of the molecule is C[C@@H](NCC[C@H](c1ccccc1)c1ccco1)c1ccccc1. The zero-order valence-corrected chi connectivity index (χ0v) is 13.5. The van der Waals surface area contributed by atoms with Crippen LogP contribution in [-0.2, 0) is 0 Å². The Morgan fingerprint density at radius 3 is 2.09 bits per heavy atom. The molecule has 0 radical (unpaired) electrons. The Morgan fingerprint density at radius 1 is 0.826 bits per heavy atom. The number of hydrogen-bond donors (Lipinski definition) is 1. The van der Waals surface area contributed by atoms with Crippen molar-refractivity contribution in [3.8, 4) is 0 Å². The Balaban J connectivity index is 1.64. The zero-order valence-electron chi connectivity index (χ0n) is 13.5. The summed E-state index contributed by atoms with van der Waals surface area (Å²) in [6.45, 7) is 3.15. The average Bonchev–Trinajstić information content (AvgIpc) is 3.14. The van der Waals surface area contributed by atoms with Crippen LogP contribution in [0, 0.1) is 0 Å². The van der Waals surface area contributed by atoms with Crippen LogP contribution in [0.3, 0.4) is 0 Å². The number of rotatable bonds is 7. The fraction of sp³-hybridized carbons (Fsp3) is 0.238. The molecule has 2 aromatic carbocycles. The van der Waals surface area contributed by atoms with Crippen molar-refractivity contribution >= 4 is 0 Å². The number of furan rings is 1. The highest BCUT2D eigenvalue weighted by Gasteiger charge is 2.16. The highest BCUT2D eigenvalue weighted by molar-refractivity contribution is 5.27. The molecule has 118 valence electrons. The maximum absolute atomic E-state index is 5.66. The molecular formula is C21H23NO. The van der Waals surface area contributed by atoms with Gasteiger partial charge in [-0.15, -0.1) is 0 Å². The summed E-state index contributed by atoms with van der Waals surface area (Å²) in [5.74, 6) is 1.33. The first-order chi connectivity index (χ1) is 11.3. The highest BCUT2D eigenvalue weighted by Crippen LogP contribution is 2.28. The van der Waals surface area contributed by atoms with Gasteiger partial charge >= 0.3 is 0 Å². The van der Waals surface area contributed by atoms with Gasteiger partial charge in [0.2, 0.25) is 0 Å². The minimum Gasteiger partial charge on any atom is -0.469 e. The third kappa shape index (κ3) is 4.11. The summed E-state index contributed by atoms with van der Waals surface area (Å²) >= 11 is 0. The van der Waals surface area contributed by atoms with Crippen molar-refractivity contribution in [3.63, 3.8) is 0 Å². The normalized spacial score (nSPS) is 13.6. The quantitative estimate of drug-likeness (QED) is 0.653. The van der Waals surface area contributed by atoms with Gasteiger partial charge in [0, 0.05) is 12.0 Å². The molecule has 1 N–H and O–H groups in total. The summed E-state index contributed by atoms with van der Waals surface area (Å²) in [6.07, 6.45) is 2.76. The van der Waals surface area contributed by atoms with Gasteiger partial charge in [-0.05, 0) is 43.1 Å². The molecule has 0 amide bonds. The Kier molecular flexibility index (Phi) is 5.28. The van der Waals surface area contributed by atoms with Crippen molar-refractivity contribution in [2.24, 2.45) is 0 Å². The van der Waals surface area contributed by atoms with Gasteiger partial charge < -0.3 is 9.73 Å². The van der Waals surface area contributed by atoms with Crippen LogP contribution in [0.25, 0.3) is 0 Å². The molecule has 1 heterocycles. The molecule has 3 rings (SSSR count). The van der Waals surface area contributed by atoms with Crippen LogP contribution in [0.1, 0.15) is 42.2 Å². The lowest BCUT2D eigenvalue weighted by Gasteiger charge is -2.18. The molecule has 23 heavy (non-hydrogen) atoms. The molecular weight excluding hydrogens is 282 g/mol. The van der Waals surface area contributed by atoms with Gasteiger partial charge in [0.25, 0.3) is 0 Å². The van der Waals surface area contributed by atoms with E-state index in [1.165, 1.54) is 11.1 Å². The van der Waals surface area contributed by atoms with Crippen molar-refractivity contribution in [2.75, 3.05) is 6.54 Å². The molecule has 0 unspecified atom stereocenters. The maximum atomic E-state index is 5.66. The fourth-order valence-electron chi connectivity index (χ4n) is 2.95. The van der Waals surface area contributed by atoms with Gasteiger partial charge in [-0.2, -0.15) is 0 Å². The minimum absolute atomic E-state index is 0.293. The molecule has 0 spiro atoms. The first-order valence-corrected chi connectivity index (χ1v) is 8.21. The van der Waals surface area contributed by atoms with E-state index in [1.807, 2.05) is 6.07 Å². The molecule has 0 saturated carbocycles. The molecule has 3 aromatic rings. The Bertz CT molecular complexity index is 676. The monoisotopic (exact) mass is 305 g/mol. The van der Waals surface area contributed by atoms with Gasteiger partial charge in [0.1, 0.15) is 5.76 Å². The summed E-state index contributed by atoms with van der Waals surface area (Å²) < 4.78 is 5.66. The van der Waals surface area contributed by atoms with E-state index >= 15 is 0 Å². The Hall–Kier alpha value is -2.32. The van der Waals surface area contributed by atoms with E-state index < -0.39 is 0 Å². The van der Waals surface area contributed by atoms with E-state index in [2.05, 4.69) is 79.0 Å². The molecule has 0 bridgehead atoms. The third-order valence-electron chi connectivity index (χ3n) is 4.27. The molecule has 0 aliphatic heterocycles. The number of benzene rings is 2. The van der Waals surface area contributed by atoms with Gasteiger partial charge in [-0.1, -0.05) is 60.7 Å². The lowest BCUT2D eigenvalue weighted by molar-refractivity contribution is 0.457. The van der Waals surface area contributed by atoms with E-state index in [-0.39, 0.29) is 0 Å². The van der Waals surface area contributed by atoms with Crippen LogP contribution in [0.15, 0.2) is 83.5 Å². The van der Waals surface area contributed by atoms with Crippen molar-refractivity contribution in [3.05, 3.63) is 95.9 Å². The summed E-state index contributed by atoms with van der Waals surface area (Å²) in [7, 11) is 0. The van der Waals surface area contributed by atoms with Crippen molar-refractivity contribution in [2.45, 2.75) is 25.3 Å². The lowest BCUT2D eigenvalue weighted by Crippen LogP contribution is -2.21. The second-order valence-electron chi connectivity index (χ2n) is 5.85. The first-order valence-electron chi connectivity index (χ1n) is 8.21. The first kappa shape index (κ1) is 15.6. The minimum atomic E-state index is 0.293. The summed E-state index contributed by atoms with van der Waals surface area (Å²) in [4.78, 5) is 0. The van der Waals surface area contributed by atoms with Crippen LogP contribution in [0.5, 0.6) is 0 Å². The van der Waals surface area contributed by atoms with Gasteiger partial charge in [0.05, 0.1) is 6.26 Å². The average molecular weight is 305 g/mol. The lowest BCUT2D eigenvalue weighted by atomic mass is 9.93. The van der Waals surface area contributed by atoms with Gasteiger partial charge in [-0.25, -0.2) is 0 Å². The highest BCUT2D eigenvalue weighted by atomic mass is 16.3. The van der Waals surface area contributed by atoms with Crippen molar-refractivity contribution < 1.29 is 4.42 Å². The van der Waals surface area contributed by atoms with E-state index in [4.69, 9.17) is 4.42 Å². The predicted molar refractivity (Wildman–Crippen MR) is 94.5 cm³/mol. The van der Waals surface area contributed by atoms with Crippen molar-refractivity contribution in [1.29, 1.82) is 0 Å². The Morgan fingerprint density at radius 2 is 1.48 bits per heavy atom. The van der Waals surface area contributed by atoms with Crippen LogP contribution in [0.2, 0.25) is 0 Å². The third-order valence-corrected chi connectivity index (χ3v) is 4.27. The number of nitrogens with one attached hydrogen (secondary N) is 1. The predicted octanol–water partition coefficient (Wildman–Crippen LogP) is 5.15. The summed E-state index contributed by atoms with van der Waals surface area (Å²) in [6, 6.07) is 25.5. The van der Waals surface area contributed by atoms with Crippen LogP contribution < -0.4 is 5.32 Å². The van der Waals surface area contributed by atoms with Crippen LogP contribution in [0.4, 0.5) is 0 Å². The second kappa shape index (κ2) is 7.80. The van der Waals surface area contributed by atoms with E-state index in [1.54, 1.807) is 6.26 Å². The topological polar surface area (TPSA) is 25.2 Å². The standard InChI is InChI=1S/C21H23NO/c1-17(18-9-4-2-5-10-18)22-15-14-20(21-13-8-16-23-21)19-11-6-3-7-12-19/h2-13,16-17,20,22H,14-15H2,1H3/t17-,20-/m1/s1. The van der Waals surface area contributed by atoms with E-state index in [0.717, 1.165) is 18.7 Å². The molecule has 0 fully saturated rings. The second-order valence-corrected chi connectivity index (χ2v) is 5.85. The maximum Gasteiger partial charge on any atom is 0.111 e. The van der Waals surface area contributed by atoms with E-state index in [0.29, 0.717) is 12.0 Å². The molecule has 0 saturated heterocycles. The number of hydrogen-bond acceptors (Lipinski definition) is 2. The molecule has 2 nitrogen and oxygen atoms in total. The van der Waals surface area contributed by atoms with E-state index in [9.17, 15) is 0 Å². The zero-order chi connectivity index (χ0) is 15.9. The van der Waals surface area contributed by atoms with Crippen LogP contribution in [-0.4, -0.2) is 6.54 Å². The van der Waals surface area contributed by atoms with Crippen LogP contribution >= 0.6 is 0 Å². The largest absolute Gasteiger partial charge is 0.469 e. The molecule has 2 atom stereocenters. The van der Waals surface area contributed by atoms with Gasteiger partial charge in [0.15, 0.2) is 0 Å². The Labute approximate surface area is 138 Å². The van der Waals surface area contributed by atoms with Crippen molar-refractivity contribution in [1.82, 2.24) is 5.32 Å². The smallest absolute Gasteiger partial charge is 0.111 e. The summed E-state index contributed by atoms with van der Waals surface area (Å²) in [5.41, 5.74) is 2.62. The molecule has 0 aliphatic carbocycles. The van der Waals surface area contributed by atoms with Gasteiger partial charge in [-0.3, -0.25) is 0 Å². The molecule has 2 heteroatoms.